The van der Waals surface area contributed by atoms with E-state index in [-0.39, 0.29) is 0 Å². The molecule has 5 nitrogen and oxygen atoms in total. The Morgan fingerprint density at radius 2 is 2.19 bits per heavy atom. The van der Waals surface area contributed by atoms with Crippen molar-refractivity contribution >= 4 is 23.0 Å². The average molecular weight is 307 g/mol. The van der Waals surface area contributed by atoms with Gasteiger partial charge in [-0.2, -0.15) is 0 Å². The maximum Gasteiger partial charge on any atom is 0.195 e. The highest BCUT2D eigenvalue weighted by Gasteiger charge is 2.41. The third-order valence-corrected chi connectivity index (χ3v) is 6.08. The van der Waals surface area contributed by atoms with E-state index in [1.54, 1.807) is 0 Å². The molecule has 116 valence electrons. The predicted molar refractivity (Wildman–Crippen MR) is 89.8 cm³/mol. The molecule has 1 aromatic rings. The van der Waals surface area contributed by atoms with E-state index in [0.717, 1.165) is 19.3 Å². The number of anilines is 1. The number of hydrogen-bond acceptors (Lipinski definition) is 6. The number of hydrogen-bond donors (Lipinski definition) is 4. The molecule has 6 N–H and O–H groups in total. The topological polar surface area (TPSA) is 88.5 Å². The molecule has 0 spiro atoms. The van der Waals surface area contributed by atoms with Crippen molar-refractivity contribution < 1.29 is 0 Å². The maximum absolute atomic E-state index is 6.05. The van der Waals surface area contributed by atoms with Gasteiger partial charge in [0.05, 0.1) is 10.6 Å². The first-order valence-corrected chi connectivity index (χ1v) is 8.39. The minimum atomic E-state index is -0.467. The number of nitrogens with zero attached hydrogens (tertiary/aromatic N) is 1. The van der Waals surface area contributed by atoms with Crippen LogP contribution in [0.15, 0.2) is 4.99 Å². The van der Waals surface area contributed by atoms with Crippen molar-refractivity contribution in [2.45, 2.75) is 45.2 Å². The van der Waals surface area contributed by atoms with Crippen LogP contribution in [-0.4, -0.2) is 19.6 Å². The lowest BCUT2D eigenvalue weighted by Crippen LogP contribution is -2.45. The second-order valence-electron chi connectivity index (χ2n) is 6.82. The summed E-state index contributed by atoms with van der Waals surface area (Å²) in [4.78, 5) is 7.37. The van der Waals surface area contributed by atoms with Gasteiger partial charge in [0.1, 0.15) is 0 Å². The zero-order valence-electron chi connectivity index (χ0n) is 13.0. The molecule has 0 fully saturated rings. The fraction of sp³-hybridized carbons (Fsp3) is 0.667. The number of aliphatic imine (C=N–C) groups is 1. The van der Waals surface area contributed by atoms with E-state index in [9.17, 15) is 0 Å². The van der Waals surface area contributed by atoms with Gasteiger partial charge in [-0.3, -0.25) is 5.32 Å². The third-order valence-electron chi connectivity index (χ3n) is 4.63. The highest BCUT2D eigenvalue weighted by Crippen LogP contribution is 2.49. The first-order chi connectivity index (χ1) is 9.91. The van der Waals surface area contributed by atoms with Crippen molar-refractivity contribution in [3.8, 4) is 0 Å². The third kappa shape index (κ3) is 2.35. The number of guanidine groups is 1. The standard InChI is InChI=1S/C15H25N5S/c1-14(2)5-4-10-9(8-14)11-12(21-10)15(18-3,6-7-16)20-13(17)19-11/h18H,4-8,16H2,1-3H3,(H3,17,19,20). The molecule has 1 aliphatic carbocycles. The number of fused-ring (bicyclic) bond motifs is 3. The van der Waals surface area contributed by atoms with E-state index in [1.165, 1.54) is 27.4 Å². The number of thiophene rings is 1. The smallest absolute Gasteiger partial charge is 0.195 e. The van der Waals surface area contributed by atoms with E-state index < -0.39 is 5.66 Å². The van der Waals surface area contributed by atoms with Crippen LogP contribution in [0.1, 0.15) is 42.0 Å². The lowest BCUT2D eigenvalue weighted by molar-refractivity contribution is 0.318. The lowest BCUT2D eigenvalue weighted by Gasteiger charge is -2.34. The molecule has 0 amide bonds. The first kappa shape index (κ1) is 14.8. The Labute approximate surface area is 130 Å². The predicted octanol–water partition coefficient (Wildman–Crippen LogP) is 1.72. The zero-order valence-corrected chi connectivity index (χ0v) is 13.9. The Balaban J connectivity index is 2.12. The fourth-order valence-electron chi connectivity index (χ4n) is 3.43. The summed E-state index contributed by atoms with van der Waals surface area (Å²) in [5.41, 5.74) is 14.4. The molecule has 0 aromatic carbocycles. The van der Waals surface area contributed by atoms with Crippen LogP contribution >= 0.6 is 11.3 Å². The van der Waals surface area contributed by atoms with Crippen LogP contribution in [-0.2, 0) is 18.5 Å². The minimum absolute atomic E-state index is 0.350. The van der Waals surface area contributed by atoms with Crippen LogP contribution in [0.5, 0.6) is 0 Å². The van der Waals surface area contributed by atoms with Gasteiger partial charge in [-0.25, -0.2) is 4.99 Å². The highest BCUT2D eigenvalue weighted by molar-refractivity contribution is 7.13. The number of nitrogens with two attached hydrogens (primary N) is 2. The molecule has 0 bridgehead atoms. The molecule has 3 rings (SSSR count). The lowest BCUT2D eigenvalue weighted by atomic mass is 9.76. The summed E-state index contributed by atoms with van der Waals surface area (Å²) in [6.45, 7) is 5.25. The van der Waals surface area contributed by atoms with Crippen LogP contribution in [0.2, 0.25) is 0 Å². The van der Waals surface area contributed by atoms with Gasteiger partial charge >= 0.3 is 0 Å². The van der Waals surface area contributed by atoms with E-state index in [0.29, 0.717) is 17.9 Å². The molecule has 0 radical (unpaired) electrons. The van der Waals surface area contributed by atoms with E-state index in [1.807, 2.05) is 18.4 Å². The molecule has 21 heavy (non-hydrogen) atoms. The van der Waals surface area contributed by atoms with Crippen molar-refractivity contribution in [2.75, 3.05) is 18.9 Å². The van der Waals surface area contributed by atoms with E-state index in [4.69, 9.17) is 11.5 Å². The van der Waals surface area contributed by atoms with Crippen LogP contribution in [0.4, 0.5) is 5.69 Å². The molecule has 0 saturated heterocycles. The summed E-state index contributed by atoms with van der Waals surface area (Å²) in [7, 11) is 1.93. The van der Waals surface area contributed by atoms with Gasteiger partial charge in [-0.1, -0.05) is 13.8 Å². The summed E-state index contributed by atoms with van der Waals surface area (Å²) < 4.78 is 0. The van der Waals surface area contributed by atoms with Crippen molar-refractivity contribution in [3.05, 3.63) is 15.3 Å². The van der Waals surface area contributed by atoms with Gasteiger partial charge in [0, 0.05) is 11.3 Å². The largest absolute Gasteiger partial charge is 0.370 e. The zero-order chi connectivity index (χ0) is 15.3. The van der Waals surface area contributed by atoms with Gasteiger partial charge < -0.3 is 16.8 Å². The van der Waals surface area contributed by atoms with Crippen molar-refractivity contribution in [3.63, 3.8) is 0 Å². The molecule has 2 heterocycles. The van der Waals surface area contributed by atoms with Crippen LogP contribution in [0.3, 0.4) is 0 Å². The summed E-state index contributed by atoms with van der Waals surface area (Å²) >= 11 is 1.87. The molecule has 1 aromatic heterocycles. The van der Waals surface area contributed by atoms with Gasteiger partial charge in [0.25, 0.3) is 0 Å². The van der Waals surface area contributed by atoms with E-state index >= 15 is 0 Å². The van der Waals surface area contributed by atoms with Gasteiger partial charge in [-0.15, -0.1) is 11.3 Å². The quantitative estimate of drug-likeness (QED) is 0.685. The Hall–Kier alpha value is -1.11. The maximum atomic E-state index is 6.05. The van der Waals surface area contributed by atoms with Crippen molar-refractivity contribution in [1.82, 2.24) is 5.32 Å². The Morgan fingerprint density at radius 3 is 2.86 bits per heavy atom. The monoisotopic (exact) mass is 307 g/mol. The normalized spacial score (nSPS) is 26.6. The molecule has 0 saturated carbocycles. The molecule has 1 unspecified atom stereocenters. The second-order valence-corrected chi connectivity index (χ2v) is 7.93. The van der Waals surface area contributed by atoms with E-state index in [2.05, 4.69) is 29.5 Å². The molecular weight excluding hydrogens is 282 g/mol. The molecule has 2 aliphatic rings. The first-order valence-electron chi connectivity index (χ1n) is 7.57. The van der Waals surface area contributed by atoms with Crippen LogP contribution < -0.4 is 22.1 Å². The van der Waals surface area contributed by atoms with Gasteiger partial charge in [0.15, 0.2) is 11.6 Å². The number of nitrogens with one attached hydrogen (secondary N) is 2. The van der Waals surface area contributed by atoms with Gasteiger partial charge in [0.2, 0.25) is 0 Å². The van der Waals surface area contributed by atoms with Crippen LogP contribution in [0.25, 0.3) is 0 Å². The SMILES string of the molecule is CNC1(CCN)N=C(N)Nc2c1sc1c2CC(C)(C)CC1. The number of aryl methyl sites for hydroxylation is 1. The van der Waals surface area contributed by atoms with Crippen molar-refractivity contribution in [2.24, 2.45) is 21.9 Å². The molecule has 1 atom stereocenters. The molecule has 6 heteroatoms. The summed E-state index contributed by atoms with van der Waals surface area (Å²) in [6, 6.07) is 0. The highest BCUT2D eigenvalue weighted by atomic mass is 32.1. The van der Waals surface area contributed by atoms with Crippen LogP contribution in [0, 0.1) is 5.41 Å². The average Bonchev–Trinajstić information content (AvgIpc) is 2.76. The summed E-state index contributed by atoms with van der Waals surface area (Å²) in [6.07, 6.45) is 4.22. The summed E-state index contributed by atoms with van der Waals surface area (Å²) in [5, 5.41) is 6.67. The number of rotatable bonds is 3. The summed E-state index contributed by atoms with van der Waals surface area (Å²) in [5.74, 6) is 0.481. The Kier molecular flexibility index (Phi) is 3.50. The van der Waals surface area contributed by atoms with Crippen molar-refractivity contribution in [1.29, 1.82) is 0 Å². The molecular formula is C15H25N5S. The van der Waals surface area contributed by atoms with Gasteiger partial charge in [-0.05, 0) is 43.8 Å². The minimum Gasteiger partial charge on any atom is -0.370 e. The fourth-order valence-corrected chi connectivity index (χ4v) is 4.87. The second kappa shape index (κ2) is 4.97. The molecule has 1 aliphatic heterocycles. The Bertz CT molecular complexity index is 589. The Morgan fingerprint density at radius 1 is 1.43 bits per heavy atom.